The second-order valence-electron chi connectivity index (χ2n) is 13.5. The van der Waals surface area contributed by atoms with Crippen LogP contribution >= 0.6 is 0 Å². The van der Waals surface area contributed by atoms with Crippen molar-refractivity contribution in [1.29, 1.82) is 0 Å². The van der Waals surface area contributed by atoms with Crippen molar-refractivity contribution in [2.75, 3.05) is 0 Å². The van der Waals surface area contributed by atoms with E-state index in [0.29, 0.717) is 5.69 Å². The summed E-state index contributed by atoms with van der Waals surface area (Å²) in [6, 6.07) is 51.8. The molecule has 0 aliphatic heterocycles. The summed E-state index contributed by atoms with van der Waals surface area (Å²) in [7, 11) is 0. The van der Waals surface area contributed by atoms with E-state index in [1.165, 1.54) is 33.9 Å². The van der Waals surface area contributed by atoms with Crippen LogP contribution in [-0.4, -0.2) is 30.2 Å². The van der Waals surface area contributed by atoms with E-state index in [1.54, 1.807) is 30.3 Å². The van der Waals surface area contributed by atoms with Crippen LogP contribution in [-0.2, 0) is 26.7 Å². The summed E-state index contributed by atoms with van der Waals surface area (Å²) < 4.78 is 37.4. The van der Waals surface area contributed by atoms with Crippen molar-refractivity contribution in [3.05, 3.63) is 204 Å². The molecule has 0 bridgehead atoms. The number of aromatic carboxylic acids is 1. The van der Waals surface area contributed by atoms with E-state index in [9.17, 15) is 18.7 Å². The Balaban J connectivity index is 0.000000248. The van der Waals surface area contributed by atoms with E-state index < -0.39 is 23.3 Å². The number of halogens is 2. The zero-order valence-corrected chi connectivity index (χ0v) is 33.8. The third-order valence-corrected chi connectivity index (χ3v) is 10.0. The third kappa shape index (κ3) is 7.15. The fourth-order valence-electron chi connectivity index (χ4n) is 7.52. The van der Waals surface area contributed by atoms with E-state index in [0.717, 1.165) is 45.1 Å². The van der Waals surface area contributed by atoms with Crippen molar-refractivity contribution < 1.29 is 43.5 Å². The van der Waals surface area contributed by atoms with Gasteiger partial charge in [0.2, 0.25) is 0 Å². The number of pyridine rings is 2. The molecule has 0 amide bonds. The molecule has 0 spiro atoms. The summed E-state index contributed by atoms with van der Waals surface area (Å²) in [4.78, 5) is 22.5. The number of hydrogen-bond donors (Lipinski definition) is 1. The van der Waals surface area contributed by atoms with Crippen LogP contribution in [0.1, 0.15) is 16.1 Å². The third-order valence-electron chi connectivity index (χ3n) is 10.0. The molecular weight excluding hydrogens is 937 g/mol. The molecule has 0 aliphatic rings. The molecule has 6 aromatic carbocycles. The predicted octanol–water partition coefficient (Wildman–Crippen LogP) is 11.9. The molecule has 0 saturated heterocycles. The van der Waals surface area contributed by atoms with Crippen molar-refractivity contribution in [3.63, 3.8) is 0 Å². The number of para-hydroxylation sites is 4. The molecule has 0 saturated carbocycles. The number of carboxylic acid groups (broad SMARTS) is 1. The van der Waals surface area contributed by atoms with Crippen LogP contribution in [0.3, 0.4) is 0 Å². The van der Waals surface area contributed by atoms with Crippen LogP contribution in [0.5, 0.6) is 5.75 Å². The Hall–Kier alpha value is -7.51. The van der Waals surface area contributed by atoms with Crippen LogP contribution < -0.4 is 4.74 Å². The molecule has 0 atom stereocenters. The molecule has 10 aromatic rings. The minimum atomic E-state index is -1.12. The largest absolute Gasteiger partial charge is 0.486 e. The first-order chi connectivity index (χ1) is 28.9. The molecule has 8 nitrogen and oxygen atoms in total. The molecule has 0 aliphatic carbocycles. The fourth-order valence-corrected chi connectivity index (χ4v) is 7.52. The second-order valence-corrected chi connectivity index (χ2v) is 13.5. The molecule has 0 unspecified atom stereocenters. The van der Waals surface area contributed by atoms with Crippen molar-refractivity contribution in [2.45, 2.75) is 6.61 Å². The number of hydrogen-bond acceptors (Lipinski definition) is 4. The number of aromatic nitrogens is 4. The van der Waals surface area contributed by atoms with Gasteiger partial charge in [0.05, 0.1) is 28.6 Å². The molecule has 10 rings (SSSR count). The Morgan fingerprint density at radius 3 is 1.67 bits per heavy atom. The normalized spacial score (nSPS) is 10.9. The molecular formula is C49H30F2IrN5O3-. The molecule has 60 heavy (non-hydrogen) atoms. The number of nitrogens with zero attached hydrogens (tertiary/aromatic N) is 5. The smallest absolute Gasteiger partial charge is 0.358 e. The van der Waals surface area contributed by atoms with E-state index in [1.807, 2.05) is 0 Å². The Bertz CT molecular complexity index is 3030. The first-order valence-electron chi connectivity index (χ1n) is 18.5. The monoisotopic (exact) mass is 967 g/mol. The van der Waals surface area contributed by atoms with E-state index >= 15 is 0 Å². The summed E-state index contributed by atoms with van der Waals surface area (Å²) in [6.07, 6.45) is 2.95. The van der Waals surface area contributed by atoms with Crippen molar-refractivity contribution >= 4 is 55.3 Å². The minimum Gasteiger partial charge on any atom is -0.486 e. The van der Waals surface area contributed by atoms with Gasteiger partial charge in [0.1, 0.15) is 6.61 Å². The predicted molar refractivity (Wildman–Crippen MR) is 225 cm³/mol. The van der Waals surface area contributed by atoms with Crippen LogP contribution in [0.4, 0.5) is 14.5 Å². The van der Waals surface area contributed by atoms with Gasteiger partial charge in [-0.3, -0.25) is 13.6 Å². The standard InChI is InChI=1S/C37H25N3O3.C12H5F2N2.Ir/c41-37(42)36-35(18-9-19-38-36)43-23-24-20-25(39-31-14-5-1-10-27(31)28-11-2-6-15-32(28)39)22-26(21-24)40-33-16-7-3-12-29(33)30-13-4-8-17-34(30)40;1-15-12-9(13)6-5-8(11(12)14)10-4-2-3-7-16-10;/h1-22H,23H2,(H,41,42);2-4,6-7H;/q;-1;. The summed E-state index contributed by atoms with van der Waals surface area (Å²) >= 11 is 0. The van der Waals surface area contributed by atoms with Gasteiger partial charge in [-0.2, -0.15) is 0 Å². The summed E-state index contributed by atoms with van der Waals surface area (Å²) in [5.41, 5.74) is 6.90. The Morgan fingerprint density at radius 2 is 1.18 bits per heavy atom. The van der Waals surface area contributed by atoms with Gasteiger partial charge in [0, 0.05) is 77.1 Å². The maximum absolute atomic E-state index is 13.7. The second kappa shape index (κ2) is 16.8. The van der Waals surface area contributed by atoms with Crippen LogP contribution in [0, 0.1) is 24.3 Å². The van der Waals surface area contributed by atoms with Gasteiger partial charge in [0.25, 0.3) is 0 Å². The molecule has 11 heteroatoms. The zero-order chi connectivity index (χ0) is 40.5. The Labute approximate surface area is 355 Å². The van der Waals surface area contributed by atoms with Gasteiger partial charge < -0.3 is 24.0 Å². The van der Waals surface area contributed by atoms with Crippen molar-refractivity contribution in [2.24, 2.45) is 0 Å². The van der Waals surface area contributed by atoms with Gasteiger partial charge in [-0.1, -0.05) is 84.9 Å². The van der Waals surface area contributed by atoms with Crippen molar-refractivity contribution in [3.8, 4) is 28.4 Å². The van der Waals surface area contributed by atoms with Gasteiger partial charge in [-0.05, 0) is 71.9 Å². The first-order valence-corrected chi connectivity index (χ1v) is 18.5. The molecule has 4 heterocycles. The number of fused-ring (bicyclic) bond motifs is 6. The Morgan fingerprint density at radius 1 is 0.683 bits per heavy atom. The summed E-state index contributed by atoms with van der Waals surface area (Å²) in [5, 5.41) is 14.4. The maximum Gasteiger partial charge on any atom is 0.358 e. The first kappa shape index (κ1) is 39.3. The van der Waals surface area contributed by atoms with E-state index in [-0.39, 0.29) is 43.7 Å². The number of rotatable bonds is 7. The van der Waals surface area contributed by atoms with E-state index in [2.05, 4.69) is 145 Å². The van der Waals surface area contributed by atoms with E-state index in [4.69, 9.17) is 11.3 Å². The zero-order valence-electron chi connectivity index (χ0n) is 31.4. The summed E-state index contributed by atoms with van der Waals surface area (Å²) in [6.45, 7) is 6.86. The van der Waals surface area contributed by atoms with Crippen LogP contribution in [0.15, 0.2) is 164 Å². The molecule has 293 valence electrons. The number of carbonyl (C=O) groups is 1. The number of carboxylic acids is 1. The summed E-state index contributed by atoms with van der Waals surface area (Å²) in [5.74, 6) is -2.72. The minimum absolute atomic E-state index is 0. The average Bonchev–Trinajstić information content (AvgIpc) is 3.80. The molecule has 0 fully saturated rings. The number of ether oxygens (including phenoxy) is 1. The Kier molecular flexibility index (Phi) is 11.0. The number of benzene rings is 6. The quantitative estimate of drug-likeness (QED) is 0.161. The van der Waals surface area contributed by atoms with Gasteiger partial charge in [-0.15, -0.1) is 17.7 Å². The van der Waals surface area contributed by atoms with Crippen LogP contribution in [0.2, 0.25) is 0 Å². The maximum atomic E-state index is 13.7. The SMILES string of the molecule is O=C(O)c1ncccc1OCc1cc(-n2c3ccccc3c3ccccc32)cc(-n2c3ccccc3c3ccccc32)c1.[C-]#[N+]c1c(F)c[c-]c(-c2ccccn2)c1F.[Ir]. The topological polar surface area (TPSA) is 86.5 Å². The molecule has 1 radical (unpaired) electrons. The van der Waals surface area contributed by atoms with Gasteiger partial charge in [0.15, 0.2) is 17.1 Å². The van der Waals surface area contributed by atoms with Gasteiger partial charge >= 0.3 is 5.97 Å². The average molecular weight is 967 g/mol. The molecule has 1 N–H and O–H groups in total. The van der Waals surface area contributed by atoms with Crippen LogP contribution in [0.25, 0.3) is 71.1 Å². The van der Waals surface area contributed by atoms with Crippen molar-refractivity contribution in [1.82, 2.24) is 19.1 Å². The fraction of sp³-hybridized carbons (Fsp3) is 0.0204. The van der Waals surface area contributed by atoms with Gasteiger partial charge in [-0.25, -0.2) is 9.78 Å². The molecule has 4 aromatic heterocycles.